The summed E-state index contributed by atoms with van der Waals surface area (Å²) in [5, 5.41) is 11.6. The second kappa shape index (κ2) is 9.14. The van der Waals surface area contributed by atoms with Crippen LogP contribution in [0.5, 0.6) is 0 Å². The lowest BCUT2D eigenvalue weighted by molar-refractivity contribution is -0.129. The Labute approximate surface area is 183 Å². The Kier molecular flexibility index (Phi) is 6.46. The van der Waals surface area contributed by atoms with Gasteiger partial charge in [0.2, 0.25) is 5.91 Å². The summed E-state index contributed by atoms with van der Waals surface area (Å²) in [4.78, 5) is 18.4. The molecule has 5 aliphatic heterocycles. The first-order valence-corrected chi connectivity index (χ1v) is 11.8. The SMILES string of the molecule is C[C@H]1CN(C2COC2)CCN1C1CCNCC1NC(=O)C1C(N)NN2CC(F)CNC12. The summed E-state index contributed by atoms with van der Waals surface area (Å²) in [5.41, 5.74) is 9.30. The summed E-state index contributed by atoms with van der Waals surface area (Å²) >= 11 is 0. The van der Waals surface area contributed by atoms with E-state index in [1.54, 1.807) is 5.01 Å². The fraction of sp³-hybridized carbons (Fsp3) is 0.950. The van der Waals surface area contributed by atoms with Crippen LogP contribution in [0.4, 0.5) is 4.39 Å². The molecule has 5 saturated heterocycles. The van der Waals surface area contributed by atoms with Crippen molar-refractivity contribution in [2.75, 3.05) is 59.0 Å². The van der Waals surface area contributed by atoms with Gasteiger partial charge in [-0.3, -0.25) is 19.9 Å². The molecule has 5 aliphatic rings. The van der Waals surface area contributed by atoms with Crippen molar-refractivity contribution in [3.05, 3.63) is 0 Å². The molecule has 1 amide bonds. The van der Waals surface area contributed by atoms with Crippen LogP contribution in [0, 0.1) is 5.92 Å². The van der Waals surface area contributed by atoms with Crippen molar-refractivity contribution in [2.45, 2.75) is 56.0 Å². The highest BCUT2D eigenvalue weighted by molar-refractivity contribution is 5.81. The molecule has 176 valence electrons. The van der Waals surface area contributed by atoms with Gasteiger partial charge < -0.3 is 21.1 Å². The van der Waals surface area contributed by atoms with E-state index in [0.717, 1.165) is 52.4 Å². The maximum Gasteiger partial charge on any atom is 0.229 e. The lowest BCUT2D eigenvalue weighted by atomic mass is 9.94. The molecule has 0 bridgehead atoms. The highest BCUT2D eigenvalue weighted by Crippen LogP contribution is 2.25. The molecule has 7 atom stereocenters. The second-order valence-electron chi connectivity index (χ2n) is 9.73. The molecule has 6 unspecified atom stereocenters. The van der Waals surface area contributed by atoms with Gasteiger partial charge in [0.1, 0.15) is 6.17 Å². The second-order valence-corrected chi connectivity index (χ2v) is 9.73. The average Bonchev–Trinajstić information content (AvgIpc) is 3.02. The highest BCUT2D eigenvalue weighted by atomic mass is 19.1. The molecule has 6 N–H and O–H groups in total. The number of nitrogens with zero attached hydrogens (tertiary/aromatic N) is 3. The summed E-state index contributed by atoms with van der Waals surface area (Å²) in [7, 11) is 0. The first kappa shape index (κ1) is 21.9. The monoisotopic (exact) mass is 440 g/mol. The fourth-order valence-electron chi connectivity index (χ4n) is 5.90. The van der Waals surface area contributed by atoms with Crippen LogP contribution < -0.4 is 27.1 Å². The summed E-state index contributed by atoms with van der Waals surface area (Å²) in [6, 6.07) is 1.33. The molecule has 5 heterocycles. The van der Waals surface area contributed by atoms with Gasteiger partial charge in [-0.2, -0.15) is 0 Å². The van der Waals surface area contributed by atoms with Crippen LogP contribution in [-0.2, 0) is 9.53 Å². The minimum absolute atomic E-state index is 0.0288. The number of carbonyl (C=O) groups is 1. The number of hydrogen-bond donors (Lipinski definition) is 5. The highest BCUT2D eigenvalue weighted by Gasteiger charge is 2.48. The minimum atomic E-state index is -0.962. The van der Waals surface area contributed by atoms with Crippen molar-refractivity contribution in [1.82, 2.24) is 36.2 Å². The number of amides is 1. The zero-order chi connectivity index (χ0) is 21.5. The van der Waals surface area contributed by atoms with Gasteiger partial charge in [0, 0.05) is 51.4 Å². The molecular formula is C20H37FN8O2. The van der Waals surface area contributed by atoms with Crippen LogP contribution in [-0.4, -0.2) is 122 Å². The lowest BCUT2D eigenvalue weighted by Gasteiger charge is -2.50. The molecule has 11 heteroatoms. The molecule has 0 radical (unpaired) electrons. The minimum Gasteiger partial charge on any atom is -0.378 e. The number of nitrogens with one attached hydrogen (secondary N) is 4. The van der Waals surface area contributed by atoms with E-state index in [2.05, 4.69) is 38.1 Å². The molecule has 5 rings (SSSR count). The molecule has 0 aromatic heterocycles. The van der Waals surface area contributed by atoms with E-state index < -0.39 is 18.3 Å². The molecule has 31 heavy (non-hydrogen) atoms. The Hall–Kier alpha value is -0.920. The lowest BCUT2D eigenvalue weighted by Crippen LogP contribution is -2.67. The number of fused-ring (bicyclic) bond motifs is 1. The Morgan fingerprint density at radius 1 is 1.23 bits per heavy atom. The van der Waals surface area contributed by atoms with Gasteiger partial charge in [-0.1, -0.05) is 0 Å². The largest absolute Gasteiger partial charge is 0.378 e. The molecule has 0 saturated carbocycles. The first-order valence-electron chi connectivity index (χ1n) is 11.8. The zero-order valence-electron chi connectivity index (χ0n) is 18.3. The number of alkyl halides is 1. The number of nitrogens with two attached hydrogens (primary N) is 1. The van der Waals surface area contributed by atoms with E-state index in [1.807, 2.05) is 0 Å². The van der Waals surface area contributed by atoms with E-state index in [1.165, 1.54) is 0 Å². The average molecular weight is 441 g/mol. The van der Waals surface area contributed by atoms with Crippen LogP contribution in [0.15, 0.2) is 0 Å². The Balaban J connectivity index is 1.22. The molecule has 10 nitrogen and oxygen atoms in total. The topological polar surface area (TPSA) is 110 Å². The van der Waals surface area contributed by atoms with Crippen molar-refractivity contribution in [3.8, 4) is 0 Å². The van der Waals surface area contributed by atoms with E-state index in [0.29, 0.717) is 18.1 Å². The maximum atomic E-state index is 13.7. The summed E-state index contributed by atoms with van der Waals surface area (Å²) < 4.78 is 19.1. The Morgan fingerprint density at radius 2 is 2.06 bits per heavy atom. The van der Waals surface area contributed by atoms with Crippen LogP contribution in [0.3, 0.4) is 0 Å². The van der Waals surface area contributed by atoms with Gasteiger partial charge in [0.15, 0.2) is 0 Å². The van der Waals surface area contributed by atoms with E-state index >= 15 is 0 Å². The summed E-state index contributed by atoms with van der Waals surface area (Å²) in [5.74, 6) is -0.517. The summed E-state index contributed by atoms with van der Waals surface area (Å²) in [6.07, 6.45) is -0.751. The molecular weight excluding hydrogens is 403 g/mol. The third kappa shape index (κ3) is 4.34. The number of carbonyl (C=O) groups excluding carboxylic acids is 1. The number of ether oxygens (including phenoxy) is 1. The van der Waals surface area contributed by atoms with Crippen molar-refractivity contribution in [1.29, 1.82) is 0 Å². The Morgan fingerprint density at radius 3 is 2.81 bits per heavy atom. The van der Waals surface area contributed by atoms with Crippen molar-refractivity contribution in [2.24, 2.45) is 11.7 Å². The molecule has 0 aromatic rings. The molecule has 5 fully saturated rings. The van der Waals surface area contributed by atoms with Crippen LogP contribution in [0.2, 0.25) is 0 Å². The quantitative estimate of drug-likeness (QED) is 0.317. The van der Waals surface area contributed by atoms with E-state index in [-0.39, 0.29) is 31.2 Å². The number of hydrazine groups is 1. The molecule has 0 aromatic carbocycles. The third-order valence-electron chi connectivity index (χ3n) is 7.67. The van der Waals surface area contributed by atoms with Crippen LogP contribution >= 0.6 is 0 Å². The number of rotatable bonds is 4. The van der Waals surface area contributed by atoms with Gasteiger partial charge in [-0.15, -0.1) is 0 Å². The van der Waals surface area contributed by atoms with Crippen molar-refractivity contribution < 1.29 is 13.9 Å². The van der Waals surface area contributed by atoms with Gasteiger partial charge >= 0.3 is 0 Å². The zero-order valence-corrected chi connectivity index (χ0v) is 18.3. The number of piperidine rings is 1. The fourth-order valence-corrected chi connectivity index (χ4v) is 5.90. The smallest absolute Gasteiger partial charge is 0.229 e. The number of halogens is 1. The normalized spacial score (nSPS) is 43.4. The summed E-state index contributed by atoms with van der Waals surface area (Å²) in [6.45, 7) is 9.30. The van der Waals surface area contributed by atoms with Gasteiger partial charge in [-0.25, -0.2) is 14.8 Å². The van der Waals surface area contributed by atoms with Crippen LogP contribution in [0.25, 0.3) is 0 Å². The van der Waals surface area contributed by atoms with E-state index in [9.17, 15) is 9.18 Å². The molecule has 0 aliphatic carbocycles. The van der Waals surface area contributed by atoms with Gasteiger partial charge in [-0.05, 0) is 19.9 Å². The number of piperazine rings is 1. The van der Waals surface area contributed by atoms with Gasteiger partial charge in [0.25, 0.3) is 0 Å². The van der Waals surface area contributed by atoms with Crippen molar-refractivity contribution >= 4 is 5.91 Å². The predicted octanol–water partition coefficient (Wildman–Crippen LogP) is -2.77. The third-order valence-corrected chi connectivity index (χ3v) is 7.67. The van der Waals surface area contributed by atoms with E-state index in [4.69, 9.17) is 10.5 Å². The maximum absolute atomic E-state index is 13.7. The molecule has 0 spiro atoms. The van der Waals surface area contributed by atoms with Crippen LogP contribution in [0.1, 0.15) is 13.3 Å². The van der Waals surface area contributed by atoms with Gasteiger partial charge in [0.05, 0.1) is 43.5 Å². The number of hydrogen-bond acceptors (Lipinski definition) is 9. The van der Waals surface area contributed by atoms with Crippen molar-refractivity contribution in [3.63, 3.8) is 0 Å². The predicted molar refractivity (Wildman–Crippen MR) is 114 cm³/mol. The Bertz CT molecular complexity index is 655. The first-order chi connectivity index (χ1) is 15.0. The standard InChI is InChI=1S/C20H37FN8O2/c1-12-8-27(14-10-31-11-14)4-5-28(12)16-2-3-23-7-15(16)25-20(30)17-18(22)26-29-9-13(21)6-24-19(17)29/h12-19,23-24,26H,2-11,22H2,1H3,(H,25,30)/t12-,13?,15?,16?,17?,18?,19?/m0/s1.